The Morgan fingerprint density at radius 1 is 1.50 bits per heavy atom. The summed E-state index contributed by atoms with van der Waals surface area (Å²) in [6.07, 6.45) is 0.975. The predicted octanol–water partition coefficient (Wildman–Crippen LogP) is 1.42. The Morgan fingerprint density at radius 2 is 2.31 bits per heavy atom. The quantitative estimate of drug-likeness (QED) is 0.843. The maximum Gasteiger partial charge on any atom is 0.232 e. The zero-order chi connectivity index (χ0) is 11.6. The van der Waals surface area contributed by atoms with E-state index in [0.29, 0.717) is 18.3 Å². The molecule has 2 heterocycles. The second kappa shape index (κ2) is 4.51. The largest absolute Gasteiger partial charge is 0.378 e. The molecule has 0 bridgehead atoms. The molecule has 1 unspecified atom stereocenters. The van der Waals surface area contributed by atoms with Gasteiger partial charge in [-0.15, -0.1) is 0 Å². The summed E-state index contributed by atoms with van der Waals surface area (Å²) in [5, 5.41) is 7.33. The Bertz CT molecular complexity index is 343. The van der Waals surface area contributed by atoms with Gasteiger partial charge in [0.25, 0.3) is 0 Å². The molecule has 0 saturated carbocycles. The van der Waals surface area contributed by atoms with Crippen LogP contribution in [0.1, 0.15) is 44.9 Å². The Hall–Kier alpha value is -0.940. The maximum absolute atomic E-state index is 5.37. The van der Waals surface area contributed by atoms with Crippen molar-refractivity contribution in [2.75, 3.05) is 19.8 Å². The summed E-state index contributed by atoms with van der Waals surface area (Å²) in [6, 6.07) is 0.0684. The van der Waals surface area contributed by atoms with Crippen LogP contribution in [0.3, 0.4) is 0 Å². The van der Waals surface area contributed by atoms with Crippen molar-refractivity contribution in [3.05, 3.63) is 11.7 Å². The molecule has 16 heavy (non-hydrogen) atoms. The lowest BCUT2D eigenvalue weighted by Gasteiger charge is -2.20. The van der Waals surface area contributed by atoms with E-state index < -0.39 is 0 Å². The second-order valence-electron chi connectivity index (χ2n) is 4.78. The van der Waals surface area contributed by atoms with Gasteiger partial charge in [0.05, 0.1) is 19.3 Å². The van der Waals surface area contributed by atoms with E-state index in [-0.39, 0.29) is 11.5 Å². The number of rotatable bonds is 3. The van der Waals surface area contributed by atoms with Gasteiger partial charge in [0.2, 0.25) is 5.89 Å². The van der Waals surface area contributed by atoms with Gasteiger partial charge in [-0.1, -0.05) is 25.9 Å². The van der Waals surface area contributed by atoms with Crippen LogP contribution >= 0.6 is 0 Å². The molecule has 1 fully saturated rings. The number of hydrogen-bond donors (Lipinski definition) is 1. The molecular weight excluding hydrogens is 206 g/mol. The minimum atomic E-state index is -0.0548. The van der Waals surface area contributed by atoms with Crippen LogP contribution in [0.2, 0.25) is 0 Å². The molecule has 0 amide bonds. The molecule has 1 aromatic heterocycles. The lowest BCUT2D eigenvalue weighted by atomic mass is 9.90. The van der Waals surface area contributed by atoms with Crippen molar-refractivity contribution in [3.8, 4) is 0 Å². The Kier molecular flexibility index (Phi) is 3.25. The first-order valence-electron chi connectivity index (χ1n) is 5.78. The normalized spacial score (nSPS) is 22.3. The third-order valence-corrected chi connectivity index (χ3v) is 3.14. The van der Waals surface area contributed by atoms with Crippen molar-refractivity contribution in [2.45, 2.75) is 38.6 Å². The summed E-state index contributed by atoms with van der Waals surface area (Å²) < 4.78 is 10.7. The predicted molar refractivity (Wildman–Crippen MR) is 59.2 cm³/mol. The van der Waals surface area contributed by atoms with Crippen molar-refractivity contribution < 1.29 is 9.26 Å². The molecule has 1 aromatic rings. The molecule has 1 atom stereocenters. The van der Waals surface area contributed by atoms with Gasteiger partial charge in [-0.2, -0.15) is 4.98 Å². The first-order chi connectivity index (χ1) is 7.63. The standard InChI is InChI=1S/C11H19N3O2/c1-4-11(2,3)10-13-9(14-16-10)8-7-15-6-5-12-8/h8,12H,4-7H2,1-3H3. The smallest absolute Gasteiger partial charge is 0.232 e. The van der Waals surface area contributed by atoms with E-state index in [1.807, 2.05) is 0 Å². The highest BCUT2D eigenvalue weighted by atomic mass is 16.5. The fourth-order valence-corrected chi connectivity index (χ4v) is 1.53. The molecule has 1 aliphatic heterocycles. The van der Waals surface area contributed by atoms with Crippen LogP contribution in [-0.2, 0) is 10.2 Å². The van der Waals surface area contributed by atoms with Gasteiger partial charge in [-0.05, 0) is 6.42 Å². The van der Waals surface area contributed by atoms with E-state index in [1.54, 1.807) is 0 Å². The lowest BCUT2D eigenvalue weighted by molar-refractivity contribution is 0.0734. The SMILES string of the molecule is CCC(C)(C)c1nc(C2COCCN2)no1. The molecule has 1 N–H and O–H groups in total. The van der Waals surface area contributed by atoms with Gasteiger partial charge in [0, 0.05) is 12.0 Å². The van der Waals surface area contributed by atoms with E-state index in [9.17, 15) is 0 Å². The molecule has 0 spiro atoms. The van der Waals surface area contributed by atoms with Crippen LogP contribution in [0.4, 0.5) is 0 Å². The van der Waals surface area contributed by atoms with Crippen LogP contribution in [0.25, 0.3) is 0 Å². The van der Waals surface area contributed by atoms with Gasteiger partial charge < -0.3 is 14.6 Å². The first kappa shape index (κ1) is 11.5. The lowest BCUT2D eigenvalue weighted by Crippen LogP contribution is -2.35. The van der Waals surface area contributed by atoms with Gasteiger partial charge in [-0.3, -0.25) is 0 Å². The van der Waals surface area contributed by atoms with Gasteiger partial charge >= 0.3 is 0 Å². The van der Waals surface area contributed by atoms with Crippen LogP contribution in [0.15, 0.2) is 4.52 Å². The van der Waals surface area contributed by atoms with E-state index >= 15 is 0 Å². The topological polar surface area (TPSA) is 60.2 Å². The summed E-state index contributed by atoms with van der Waals surface area (Å²) in [7, 11) is 0. The Morgan fingerprint density at radius 3 is 2.94 bits per heavy atom. The van der Waals surface area contributed by atoms with Crippen LogP contribution in [-0.4, -0.2) is 29.9 Å². The molecule has 0 aliphatic carbocycles. The fourth-order valence-electron chi connectivity index (χ4n) is 1.53. The Labute approximate surface area is 95.6 Å². The summed E-state index contributed by atoms with van der Waals surface area (Å²) in [5.74, 6) is 1.41. The highest BCUT2D eigenvalue weighted by Gasteiger charge is 2.28. The minimum absolute atomic E-state index is 0.0548. The van der Waals surface area contributed by atoms with Crippen molar-refractivity contribution in [1.82, 2.24) is 15.5 Å². The summed E-state index contributed by atoms with van der Waals surface area (Å²) in [5.41, 5.74) is -0.0548. The van der Waals surface area contributed by atoms with Crippen molar-refractivity contribution in [2.24, 2.45) is 0 Å². The number of nitrogens with zero attached hydrogens (tertiary/aromatic N) is 2. The van der Waals surface area contributed by atoms with Crippen molar-refractivity contribution in [1.29, 1.82) is 0 Å². The van der Waals surface area contributed by atoms with E-state index in [4.69, 9.17) is 9.26 Å². The summed E-state index contributed by atoms with van der Waals surface area (Å²) in [4.78, 5) is 4.46. The average molecular weight is 225 g/mol. The first-order valence-corrected chi connectivity index (χ1v) is 5.78. The summed E-state index contributed by atoms with van der Waals surface area (Å²) >= 11 is 0. The molecular formula is C11H19N3O2. The van der Waals surface area contributed by atoms with Crippen molar-refractivity contribution >= 4 is 0 Å². The molecule has 1 saturated heterocycles. The highest BCUT2D eigenvalue weighted by molar-refractivity contribution is 5.03. The Balaban J connectivity index is 2.12. The third-order valence-electron chi connectivity index (χ3n) is 3.14. The van der Waals surface area contributed by atoms with E-state index in [0.717, 1.165) is 19.6 Å². The number of nitrogens with one attached hydrogen (secondary N) is 1. The van der Waals surface area contributed by atoms with Crippen molar-refractivity contribution in [3.63, 3.8) is 0 Å². The van der Waals surface area contributed by atoms with E-state index in [2.05, 4.69) is 36.2 Å². The zero-order valence-corrected chi connectivity index (χ0v) is 10.1. The van der Waals surface area contributed by atoms with Gasteiger partial charge in [-0.25, -0.2) is 0 Å². The number of morpholine rings is 1. The van der Waals surface area contributed by atoms with E-state index in [1.165, 1.54) is 0 Å². The average Bonchev–Trinajstić information content (AvgIpc) is 2.80. The molecule has 1 aliphatic rings. The zero-order valence-electron chi connectivity index (χ0n) is 10.1. The minimum Gasteiger partial charge on any atom is -0.378 e. The number of ether oxygens (including phenoxy) is 1. The highest BCUT2D eigenvalue weighted by Crippen LogP contribution is 2.26. The van der Waals surface area contributed by atoms with Crippen LogP contribution in [0, 0.1) is 0 Å². The number of hydrogen-bond acceptors (Lipinski definition) is 5. The third kappa shape index (κ3) is 2.25. The molecule has 5 nitrogen and oxygen atoms in total. The molecule has 90 valence electrons. The maximum atomic E-state index is 5.37. The fraction of sp³-hybridized carbons (Fsp3) is 0.818. The molecule has 0 aromatic carbocycles. The number of aromatic nitrogens is 2. The van der Waals surface area contributed by atoms with Gasteiger partial charge in [0.1, 0.15) is 0 Å². The molecule has 2 rings (SSSR count). The second-order valence-corrected chi connectivity index (χ2v) is 4.78. The van der Waals surface area contributed by atoms with Gasteiger partial charge in [0.15, 0.2) is 5.82 Å². The molecule has 0 radical (unpaired) electrons. The molecule has 5 heteroatoms. The van der Waals surface area contributed by atoms with Crippen LogP contribution in [0.5, 0.6) is 0 Å². The summed E-state index contributed by atoms with van der Waals surface area (Å²) in [6.45, 7) is 8.54. The monoisotopic (exact) mass is 225 g/mol. The van der Waals surface area contributed by atoms with Crippen LogP contribution < -0.4 is 5.32 Å².